The highest BCUT2D eigenvalue weighted by atomic mass is 35.5. The van der Waals surface area contributed by atoms with Crippen molar-refractivity contribution in [2.24, 2.45) is 0 Å². The zero-order chi connectivity index (χ0) is 25.6. The average molecular weight is 573 g/mol. The van der Waals surface area contributed by atoms with E-state index in [4.69, 9.17) is 26.1 Å². The number of thiazole rings is 1. The molecule has 0 N–H and O–H groups in total. The van der Waals surface area contributed by atoms with Gasteiger partial charge in [-0.15, -0.1) is 12.4 Å². The lowest BCUT2D eigenvalue weighted by Gasteiger charge is -2.30. The average Bonchev–Trinajstić information content (AvgIpc) is 3.40. The number of amides is 1. The summed E-state index contributed by atoms with van der Waals surface area (Å²) in [5, 5.41) is 1.24. The van der Waals surface area contributed by atoms with Crippen molar-refractivity contribution in [2.75, 3.05) is 51.4 Å². The maximum atomic E-state index is 14.1. The first-order valence-corrected chi connectivity index (χ1v) is 13.7. The lowest BCUT2D eigenvalue weighted by Crippen LogP contribution is -2.43. The first-order chi connectivity index (χ1) is 18.1. The molecule has 0 unspecified atom stereocenters. The van der Waals surface area contributed by atoms with Gasteiger partial charge in [-0.2, -0.15) is 0 Å². The van der Waals surface area contributed by atoms with Gasteiger partial charge in [0, 0.05) is 38.5 Å². The fourth-order valence-electron chi connectivity index (χ4n) is 4.70. The number of ether oxygens (including phenoxy) is 2. The fraction of sp³-hybridized carbons (Fsp3) is 0.310. The van der Waals surface area contributed by atoms with E-state index in [1.807, 2.05) is 53.4 Å². The molecule has 1 saturated heterocycles. The van der Waals surface area contributed by atoms with Gasteiger partial charge < -0.3 is 9.47 Å². The number of aromatic nitrogens is 1. The van der Waals surface area contributed by atoms with E-state index in [9.17, 15) is 4.79 Å². The Morgan fingerprint density at radius 2 is 1.68 bits per heavy atom. The Balaban J connectivity index is 0.00000336. The minimum atomic E-state index is -0.0618. The third-order valence-electron chi connectivity index (χ3n) is 6.73. The van der Waals surface area contributed by atoms with Gasteiger partial charge in [0.2, 0.25) is 5.91 Å². The van der Waals surface area contributed by atoms with E-state index >= 15 is 0 Å². The highest BCUT2D eigenvalue weighted by Gasteiger charge is 2.27. The molecule has 1 aliphatic rings. The van der Waals surface area contributed by atoms with E-state index < -0.39 is 0 Å². The Morgan fingerprint density at radius 3 is 2.29 bits per heavy atom. The quantitative estimate of drug-likeness (QED) is 0.237. The van der Waals surface area contributed by atoms with Crippen LogP contribution in [0.15, 0.2) is 72.8 Å². The van der Waals surface area contributed by atoms with Gasteiger partial charge in [-0.1, -0.05) is 83.6 Å². The second-order valence-corrected chi connectivity index (χ2v) is 10.4. The van der Waals surface area contributed by atoms with Crippen LogP contribution in [0.25, 0.3) is 10.2 Å². The van der Waals surface area contributed by atoms with Crippen molar-refractivity contribution in [1.82, 2.24) is 9.88 Å². The number of hydrogen-bond acceptors (Lipinski definition) is 6. The number of fused-ring (bicyclic) bond motifs is 1. The van der Waals surface area contributed by atoms with Gasteiger partial charge in [0.15, 0.2) is 5.13 Å². The molecule has 1 aliphatic heterocycles. The predicted molar refractivity (Wildman–Crippen MR) is 157 cm³/mol. The summed E-state index contributed by atoms with van der Waals surface area (Å²) in [6.07, 6.45) is 0.331. The van der Waals surface area contributed by atoms with Crippen LogP contribution in [0.3, 0.4) is 0 Å². The Hall–Kier alpha value is -2.68. The summed E-state index contributed by atoms with van der Waals surface area (Å²) in [5.74, 6) is 0.613. The van der Waals surface area contributed by atoms with Crippen LogP contribution in [0.2, 0.25) is 5.02 Å². The molecule has 38 heavy (non-hydrogen) atoms. The normalized spacial score (nSPS) is 13.9. The molecule has 5 rings (SSSR count). The van der Waals surface area contributed by atoms with E-state index in [0.717, 1.165) is 35.5 Å². The number of nitrogens with zero attached hydrogens (tertiary/aromatic N) is 3. The van der Waals surface area contributed by atoms with Crippen LogP contribution < -0.4 is 9.64 Å². The monoisotopic (exact) mass is 571 g/mol. The van der Waals surface area contributed by atoms with Crippen molar-refractivity contribution in [3.8, 4) is 5.75 Å². The van der Waals surface area contributed by atoms with Gasteiger partial charge in [-0.3, -0.25) is 14.6 Å². The molecule has 0 radical (unpaired) electrons. The van der Waals surface area contributed by atoms with Gasteiger partial charge in [-0.25, -0.2) is 4.98 Å². The molecule has 0 spiro atoms. The van der Waals surface area contributed by atoms with Gasteiger partial charge in [-0.05, 0) is 23.3 Å². The zero-order valence-corrected chi connectivity index (χ0v) is 23.6. The number of anilines is 1. The molecule has 4 aromatic rings. The van der Waals surface area contributed by atoms with E-state index in [1.54, 1.807) is 7.11 Å². The van der Waals surface area contributed by atoms with Crippen molar-refractivity contribution in [2.45, 2.75) is 12.3 Å². The van der Waals surface area contributed by atoms with Crippen molar-refractivity contribution >= 4 is 56.6 Å². The van der Waals surface area contributed by atoms with E-state index in [0.29, 0.717) is 47.6 Å². The van der Waals surface area contributed by atoms with Crippen LogP contribution in [-0.2, 0) is 9.53 Å². The number of halogens is 2. The van der Waals surface area contributed by atoms with E-state index in [-0.39, 0.29) is 24.2 Å². The minimum absolute atomic E-state index is 0. The SMILES string of the molecule is COc1ccc(Cl)c2sc(N(CCN3CCOCC3)C(=O)CC(c3ccccc3)c3ccccc3)nc12.Cl. The molecule has 1 aromatic heterocycles. The lowest BCUT2D eigenvalue weighted by molar-refractivity contribution is -0.118. The zero-order valence-electron chi connectivity index (χ0n) is 21.2. The Morgan fingerprint density at radius 1 is 1.05 bits per heavy atom. The van der Waals surface area contributed by atoms with E-state index in [2.05, 4.69) is 29.2 Å². The van der Waals surface area contributed by atoms with Crippen molar-refractivity contribution in [3.63, 3.8) is 0 Å². The van der Waals surface area contributed by atoms with Gasteiger partial charge in [0.1, 0.15) is 11.3 Å². The molecule has 0 bridgehead atoms. The number of carbonyl (C=O) groups is 1. The molecule has 1 amide bonds. The van der Waals surface area contributed by atoms with E-state index in [1.165, 1.54) is 11.3 Å². The topological polar surface area (TPSA) is 54.9 Å². The molecule has 200 valence electrons. The molecule has 0 aliphatic carbocycles. The van der Waals surface area contributed by atoms with Crippen LogP contribution in [0.5, 0.6) is 5.75 Å². The van der Waals surface area contributed by atoms with Crippen molar-refractivity contribution in [1.29, 1.82) is 0 Å². The highest BCUT2D eigenvalue weighted by molar-refractivity contribution is 7.23. The first-order valence-electron chi connectivity index (χ1n) is 12.5. The first kappa shape index (κ1) is 28.3. The molecule has 0 atom stereocenters. The molecule has 0 saturated carbocycles. The Labute approximate surface area is 238 Å². The summed E-state index contributed by atoms with van der Waals surface area (Å²) in [7, 11) is 1.62. The summed E-state index contributed by atoms with van der Waals surface area (Å²) < 4.78 is 11.9. The second-order valence-electron chi connectivity index (χ2n) is 9.00. The molecule has 2 heterocycles. The molecule has 9 heteroatoms. The summed E-state index contributed by atoms with van der Waals surface area (Å²) in [5.41, 5.74) is 2.91. The summed E-state index contributed by atoms with van der Waals surface area (Å²) in [6, 6.07) is 24.1. The maximum absolute atomic E-state index is 14.1. The highest BCUT2D eigenvalue weighted by Crippen LogP contribution is 2.39. The number of morpholine rings is 1. The third-order valence-corrected chi connectivity index (χ3v) is 8.26. The third kappa shape index (κ3) is 6.47. The van der Waals surface area contributed by atoms with Crippen LogP contribution in [0.1, 0.15) is 23.5 Å². The van der Waals surface area contributed by atoms with Crippen LogP contribution in [0.4, 0.5) is 5.13 Å². The van der Waals surface area contributed by atoms with Crippen LogP contribution in [0, 0.1) is 0 Å². The number of carbonyl (C=O) groups excluding carboxylic acids is 1. The second kappa shape index (κ2) is 13.4. The largest absolute Gasteiger partial charge is 0.494 e. The van der Waals surface area contributed by atoms with Gasteiger partial charge >= 0.3 is 0 Å². The van der Waals surface area contributed by atoms with Gasteiger partial charge in [0.25, 0.3) is 0 Å². The number of benzene rings is 3. The van der Waals surface area contributed by atoms with Crippen molar-refractivity contribution in [3.05, 3.63) is 88.9 Å². The minimum Gasteiger partial charge on any atom is -0.494 e. The molecular formula is C29H31Cl2N3O3S. The van der Waals surface area contributed by atoms with Crippen molar-refractivity contribution < 1.29 is 14.3 Å². The fourth-order valence-corrected chi connectivity index (χ4v) is 6.00. The smallest absolute Gasteiger partial charge is 0.229 e. The summed E-state index contributed by atoms with van der Waals surface area (Å²) in [6.45, 7) is 4.43. The lowest BCUT2D eigenvalue weighted by atomic mass is 9.88. The van der Waals surface area contributed by atoms with Crippen LogP contribution >= 0.6 is 35.3 Å². The Kier molecular flexibility index (Phi) is 9.99. The van der Waals surface area contributed by atoms with Gasteiger partial charge in [0.05, 0.1) is 30.0 Å². The number of methoxy groups -OCH3 is 1. The Bertz CT molecular complexity index is 1290. The number of hydrogen-bond donors (Lipinski definition) is 0. The van der Waals surface area contributed by atoms with Crippen LogP contribution in [-0.4, -0.2) is 62.3 Å². The molecular weight excluding hydrogens is 541 g/mol. The summed E-state index contributed by atoms with van der Waals surface area (Å²) >= 11 is 7.95. The molecule has 3 aromatic carbocycles. The number of rotatable bonds is 9. The predicted octanol–water partition coefficient (Wildman–Crippen LogP) is 6.27. The molecule has 1 fully saturated rings. The standard InChI is InChI=1S/C29H30ClN3O3S.ClH/c1-35-25-13-12-24(30)28-27(25)31-29(37-28)33(15-14-32-16-18-36-19-17-32)26(34)20-23(21-8-4-2-5-9-21)22-10-6-3-7-11-22;/h2-13,23H,14-20H2,1H3;1H. The maximum Gasteiger partial charge on any atom is 0.229 e. The molecule has 6 nitrogen and oxygen atoms in total. The summed E-state index contributed by atoms with van der Waals surface area (Å²) in [4.78, 5) is 23.1.